The van der Waals surface area contributed by atoms with Gasteiger partial charge in [-0.15, -0.1) is 0 Å². The minimum atomic E-state index is -0.484. The van der Waals surface area contributed by atoms with E-state index in [4.69, 9.17) is 23.8 Å². The van der Waals surface area contributed by atoms with Crippen molar-refractivity contribution in [2.24, 2.45) is 0 Å². The number of halogens is 2. The lowest BCUT2D eigenvalue weighted by molar-refractivity contribution is 0.629. The van der Waals surface area contributed by atoms with E-state index in [1.165, 1.54) is 12.1 Å². The van der Waals surface area contributed by atoms with Gasteiger partial charge in [-0.1, -0.05) is 11.6 Å². The minimum absolute atomic E-state index is 0.0839. The summed E-state index contributed by atoms with van der Waals surface area (Å²) in [5, 5.41) is 6.49. The molecule has 0 aliphatic heterocycles. The van der Waals surface area contributed by atoms with Crippen LogP contribution in [0.15, 0.2) is 42.5 Å². The molecule has 2 rings (SSSR count). The van der Waals surface area contributed by atoms with E-state index in [9.17, 15) is 4.39 Å². The standard InChI is InChI=1S/C18H21ClFN3S/c1-4-23(12(2)3)15-8-5-13(6-9-15)21-18(24)22-14-7-10-16(19)17(20)11-14/h5-12H,4H2,1-3H3,(H2,21,22,24). The van der Waals surface area contributed by atoms with E-state index < -0.39 is 5.82 Å². The van der Waals surface area contributed by atoms with Crippen molar-refractivity contribution in [3.05, 3.63) is 53.3 Å². The Morgan fingerprint density at radius 2 is 1.71 bits per heavy atom. The molecule has 0 heterocycles. The topological polar surface area (TPSA) is 27.3 Å². The zero-order valence-electron chi connectivity index (χ0n) is 13.9. The smallest absolute Gasteiger partial charge is 0.175 e. The monoisotopic (exact) mass is 365 g/mol. The number of anilines is 3. The van der Waals surface area contributed by atoms with E-state index in [1.807, 2.05) is 12.1 Å². The summed E-state index contributed by atoms with van der Waals surface area (Å²) in [4.78, 5) is 2.30. The van der Waals surface area contributed by atoms with Crippen LogP contribution in [0, 0.1) is 5.82 Å². The van der Waals surface area contributed by atoms with E-state index in [-0.39, 0.29) is 5.02 Å². The van der Waals surface area contributed by atoms with Crippen LogP contribution < -0.4 is 15.5 Å². The predicted molar refractivity (Wildman–Crippen MR) is 106 cm³/mol. The average molecular weight is 366 g/mol. The molecule has 0 radical (unpaired) electrons. The Labute approximate surface area is 152 Å². The third-order valence-corrected chi connectivity index (χ3v) is 4.11. The quantitative estimate of drug-likeness (QED) is 0.682. The molecule has 24 heavy (non-hydrogen) atoms. The van der Waals surface area contributed by atoms with E-state index in [2.05, 4.69) is 48.4 Å². The van der Waals surface area contributed by atoms with Gasteiger partial charge >= 0.3 is 0 Å². The van der Waals surface area contributed by atoms with Gasteiger partial charge in [-0.05, 0) is 75.5 Å². The van der Waals surface area contributed by atoms with Crippen molar-refractivity contribution in [2.45, 2.75) is 26.8 Å². The second kappa shape index (κ2) is 8.31. The summed E-state index contributed by atoms with van der Waals surface area (Å²) in [6.07, 6.45) is 0. The number of benzene rings is 2. The number of hydrogen-bond donors (Lipinski definition) is 2. The molecule has 0 aromatic heterocycles. The van der Waals surface area contributed by atoms with E-state index in [1.54, 1.807) is 6.07 Å². The Bertz CT molecular complexity index is 704. The average Bonchev–Trinajstić information content (AvgIpc) is 2.53. The zero-order valence-corrected chi connectivity index (χ0v) is 15.5. The van der Waals surface area contributed by atoms with Crippen LogP contribution in [-0.4, -0.2) is 17.7 Å². The highest BCUT2D eigenvalue weighted by Crippen LogP contribution is 2.21. The first kappa shape index (κ1) is 18.5. The Hall–Kier alpha value is -1.85. The fraction of sp³-hybridized carbons (Fsp3) is 0.278. The van der Waals surface area contributed by atoms with Crippen molar-refractivity contribution in [2.75, 3.05) is 22.1 Å². The van der Waals surface area contributed by atoms with Gasteiger partial charge in [0.05, 0.1) is 5.02 Å². The summed E-state index contributed by atoms with van der Waals surface area (Å²) >= 11 is 10.9. The predicted octanol–water partition coefficient (Wildman–Crippen LogP) is 5.52. The minimum Gasteiger partial charge on any atom is -0.369 e. The van der Waals surface area contributed by atoms with Crippen LogP contribution in [-0.2, 0) is 0 Å². The van der Waals surface area contributed by atoms with Crippen LogP contribution in [0.25, 0.3) is 0 Å². The molecule has 0 bridgehead atoms. The summed E-state index contributed by atoms with van der Waals surface area (Å²) in [7, 11) is 0. The Balaban J connectivity index is 2.00. The molecule has 0 aliphatic rings. The Kier molecular flexibility index (Phi) is 6.40. The molecule has 0 atom stereocenters. The molecule has 6 heteroatoms. The lowest BCUT2D eigenvalue weighted by Crippen LogP contribution is -2.30. The van der Waals surface area contributed by atoms with Crippen molar-refractivity contribution in [3.8, 4) is 0 Å². The molecule has 0 aliphatic carbocycles. The van der Waals surface area contributed by atoms with E-state index >= 15 is 0 Å². The van der Waals surface area contributed by atoms with Crippen LogP contribution in [0.4, 0.5) is 21.5 Å². The third-order valence-electron chi connectivity index (χ3n) is 3.60. The van der Waals surface area contributed by atoms with Crippen LogP contribution in [0.3, 0.4) is 0 Å². The third kappa shape index (κ3) is 4.82. The van der Waals surface area contributed by atoms with Crippen molar-refractivity contribution >= 4 is 46.0 Å². The lowest BCUT2D eigenvalue weighted by atomic mass is 10.2. The summed E-state index contributed by atoms with van der Waals surface area (Å²) in [6, 6.07) is 12.9. The highest BCUT2D eigenvalue weighted by Gasteiger charge is 2.08. The van der Waals surface area contributed by atoms with Crippen molar-refractivity contribution in [1.82, 2.24) is 0 Å². The number of nitrogens with one attached hydrogen (secondary N) is 2. The summed E-state index contributed by atoms with van der Waals surface area (Å²) in [5.74, 6) is -0.484. The Morgan fingerprint density at radius 3 is 2.25 bits per heavy atom. The second-order valence-corrected chi connectivity index (χ2v) is 6.45. The molecular weight excluding hydrogens is 345 g/mol. The Morgan fingerprint density at radius 1 is 1.12 bits per heavy atom. The highest BCUT2D eigenvalue weighted by molar-refractivity contribution is 7.80. The number of hydrogen-bond acceptors (Lipinski definition) is 2. The van der Waals surface area contributed by atoms with Gasteiger partial charge in [-0.3, -0.25) is 0 Å². The first-order valence-electron chi connectivity index (χ1n) is 7.80. The summed E-state index contributed by atoms with van der Waals surface area (Å²) in [6.45, 7) is 7.42. The SMILES string of the molecule is CCN(c1ccc(NC(=S)Nc2ccc(Cl)c(F)c2)cc1)C(C)C. The van der Waals surface area contributed by atoms with Crippen LogP contribution in [0.1, 0.15) is 20.8 Å². The van der Waals surface area contributed by atoms with Gasteiger partial charge in [0, 0.05) is 29.6 Å². The van der Waals surface area contributed by atoms with Gasteiger partial charge in [-0.2, -0.15) is 0 Å². The molecule has 2 N–H and O–H groups in total. The maximum absolute atomic E-state index is 13.4. The van der Waals surface area contributed by atoms with Gasteiger partial charge in [0.2, 0.25) is 0 Å². The number of nitrogens with zero attached hydrogens (tertiary/aromatic N) is 1. The molecule has 3 nitrogen and oxygen atoms in total. The molecule has 2 aromatic rings. The molecule has 0 spiro atoms. The maximum Gasteiger partial charge on any atom is 0.175 e. The summed E-state index contributed by atoms with van der Waals surface area (Å²) < 4.78 is 13.4. The lowest BCUT2D eigenvalue weighted by Gasteiger charge is -2.27. The maximum atomic E-state index is 13.4. The van der Waals surface area contributed by atoms with Crippen molar-refractivity contribution < 1.29 is 4.39 Å². The highest BCUT2D eigenvalue weighted by atomic mass is 35.5. The van der Waals surface area contributed by atoms with Crippen LogP contribution in [0.5, 0.6) is 0 Å². The second-order valence-electron chi connectivity index (χ2n) is 5.63. The molecule has 0 saturated carbocycles. The molecule has 128 valence electrons. The molecule has 2 aromatic carbocycles. The van der Waals surface area contributed by atoms with Crippen molar-refractivity contribution in [3.63, 3.8) is 0 Å². The first-order valence-corrected chi connectivity index (χ1v) is 8.59. The van der Waals surface area contributed by atoms with Crippen molar-refractivity contribution in [1.29, 1.82) is 0 Å². The van der Waals surface area contributed by atoms with Gasteiger partial charge in [0.25, 0.3) is 0 Å². The molecule has 0 unspecified atom stereocenters. The molecular formula is C18H21ClFN3S. The fourth-order valence-electron chi connectivity index (χ4n) is 2.45. The van der Waals surface area contributed by atoms with Gasteiger partial charge < -0.3 is 15.5 Å². The zero-order chi connectivity index (χ0) is 17.7. The molecule has 0 fully saturated rings. The normalized spacial score (nSPS) is 10.6. The fourth-order valence-corrected chi connectivity index (χ4v) is 2.80. The molecule has 0 saturated heterocycles. The van der Waals surface area contributed by atoms with E-state index in [0.29, 0.717) is 16.8 Å². The summed E-state index contributed by atoms with van der Waals surface area (Å²) in [5.41, 5.74) is 2.57. The largest absolute Gasteiger partial charge is 0.369 e. The van der Waals surface area contributed by atoms with Gasteiger partial charge in [0.15, 0.2) is 5.11 Å². The van der Waals surface area contributed by atoms with E-state index in [0.717, 1.165) is 17.9 Å². The van der Waals surface area contributed by atoms with Crippen LogP contribution >= 0.6 is 23.8 Å². The number of thiocarbonyl (C=S) groups is 1. The van der Waals surface area contributed by atoms with Gasteiger partial charge in [0.1, 0.15) is 5.82 Å². The van der Waals surface area contributed by atoms with Crippen LogP contribution in [0.2, 0.25) is 5.02 Å². The first-order chi connectivity index (χ1) is 11.4. The number of rotatable bonds is 5. The molecule has 0 amide bonds. The van der Waals surface area contributed by atoms with Gasteiger partial charge in [-0.25, -0.2) is 4.39 Å².